The van der Waals surface area contributed by atoms with Crippen molar-refractivity contribution in [3.63, 3.8) is 0 Å². The van der Waals surface area contributed by atoms with Crippen LogP contribution in [0.25, 0.3) is 6.08 Å². The Bertz CT molecular complexity index is 1590. The Morgan fingerprint density at radius 3 is 2.14 bits per heavy atom. The summed E-state index contributed by atoms with van der Waals surface area (Å²) < 4.78 is 0. The smallest absolute Gasteiger partial charge is 0.272 e. The zero-order valence-electron chi connectivity index (χ0n) is 23.0. The van der Waals surface area contributed by atoms with Gasteiger partial charge in [-0.25, -0.2) is 0 Å². The van der Waals surface area contributed by atoms with E-state index >= 15 is 0 Å². The molecule has 42 heavy (non-hydrogen) atoms. The minimum atomic E-state index is -0.568. The Morgan fingerprint density at radius 1 is 0.810 bits per heavy atom. The lowest BCUT2D eigenvalue weighted by Gasteiger charge is -2.16. The minimum absolute atomic E-state index is 0.0409. The van der Waals surface area contributed by atoms with E-state index in [0.717, 1.165) is 16.1 Å². The lowest BCUT2D eigenvalue weighted by Crippen LogP contribution is -2.30. The molecule has 0 saturated heterocycles. The molecule has 0 aliphatic heterocycles. The first kappa shape index (κ1) is 30.9. The summed E-state index contributed by atoms with van der Waals surface area (Å²) in [4.78, 5) is 40.2. The van der Waals surface area contributed by atoms with Crippen LogP contribution in [-0.4, -0.2) is 23.0 Å². The van der Waals surface area contributed by atoms with Gasteiger partial charge in [0.2, 0.25) is 5.91 Å². The van der Waals surface area contributed by atoms with Crippen molar-refractivity contribution in [3.8, 4) is 0 Å². The molecule has 0 heterocycles. The molecule has 0 spiro atoms. The first-order chi connectivity index (χ1) is 20.2. The SMILES string of the molecule is CCC(Sc1cccc(NC(=O)/C(=C\c2c(Cl)cccc2Cl)NC(=O)c2ccccc2)c1)C(=O)Nc1ccc(C)cc1. The Morgan fingerprint density at radius 2 is 1.48 bits per heavy atom. The second-order valence-electron chi connectivity index (χ2n) is 9.37. The van der Waals surface area contributed by atoms with Crippen LogP contribution >= 0.6 is 35.0 Å². The summed E-state index contributed by atoms with van der Waals surface area (Å²) in [6.07, 6.45) is 2.05. The van der Waals surface area contributed by atoms with E-state index < -0.39 is 11.8 Å². The molecule has 4 aromatic carbocycles. The van der Waals surface area contributed by atoms with Crippen molar-refractivity contribution in [1.82, 2.24) is 5.32 Å². The Kier molecular flexibility index (Phi) is 10.8. The van der Waals surface area contributed by atoms with Crippen LogP contribution in [0.3, 0.4) is 0 Å². The van der Waals surface area contributed by atoms with Gasteiger partial charge in [-0.2, -0.15) is 0 Å². The van der Waals surface area contributed by atoms with Crippen LogP contribution < -0.4 is 16.0 Å². The number of rotatable bonds is 10. The van der Waals surface area contributed by atoms with Crippen LogP contribution in [0, 0.1) is 6.92 Å². The van der Waals surface area contributed by atoms with Gasteiger partial charge in [-0.15, -0.1) is 11.8 Å². The number of nitrogens with one attached hydrogen (secondary N) is 3. The fraction of sp³-hybridized carbons (Fsp3) is 0.121. The highest BCUT2D eigenvalue weighted by Crippen LogP contribution is 2.30. The number of thioether (sulfide) groups is 1. The predicted octanol–water partition coefficient (Wildman–Crippen LogP) is 8.22. The molecule has 0 fully saturated rings. The van der Waals surface area contributed by atoms with Gasteiger partial charge >= 0.3 is 0 Å². The van der Waals surface area contributed by atoms with Crippen LogP contribution in [0.1, 0.15) is 34.8 Å². The third kappa shape index (κ3) is 8.49. The van der Waals surface area contributed by atoms with Gasteiger partial charge in [0.25, 0.3) is 11.8 Å². The summed E-state index contributed by atoms with van der Waals surface area (Å²) >= 11 is 14.1. The lowest BCUT2D eigenvalue weighted by atomic mass is 10.1. The van der Waals surface area contributed by atoms with Crippen molar-refractivity contribution in [3.05, 3.63) is 129 Å². The number of halogens is 2. The molecule has 0 aromatic heterocycles. The van der Waals surface area contributed by atoms with Gasteiger partial charge in [0, 0.05) is 37.4 Å². The van der Waals surface area contributed by atoms with Gasteiger partial charge in [0.15, 0.2) is 0 Å². The van der Waals surface area contributed by atoms with E-state index in [4.69, 9.17) is 23.2 Å². The summed E-state index contributed by atoms with van der Waals surface area (Å²) in [5.41, 5.74) is 3.08. The molecule has 3 N–H and O–H groups in total. The van der Waals surface area contributed by atoms with Crippen molar-refractivity contribution in [2.24, 2.45) is 0 Å². The molecule has 0 saturated carbocycles. The molecule has 6 nitrogen and oxygen atoms in total. The number of hydrogen-bond acceptors (Lipinski definition) is 4. The lowest BCUT2D eigenvalue weighted by molar-refractivity contribution is -0.116. The van der Waals surface area contributed by atoms with Gasteiger partial charge in [0.05, 0.1) is 5.25 Å². The number of aryl methyl sites for hydroxylation is 1. The summed E-state index contributed by atoms with van der Waals surface area (Å²) in [5, 5.41) is 8.81. The monoisotopic (exact) mass is 617 g/mol. The topological polar surface area (TPSA) is 87.3 Å². The molecular weight excluding hydrogens is 589 g/mol. The van der Waals surface area contributed by atoms with Crippen molar-refractivity contribution < 1.29 is 14.4 Å². The summed E-state index contributed by atoms with van der Waals surface area (Å²) in [6, 6.07) is 28.4. The molecule has 1 unspecified atom stereocenters. The third-order valence-corrected chi connectivity index (χ3v) is 8.19. The number of benzene rings is 4. The summed E-state index contributed by atoms with van der Waals surface area (Å²) in [7, 11) is 0. The first-order valence-corrected chi connectivity index (χ1v) is 14.8. The zero-order chi connectivity index (χ0) is 30.1. The molecule has 4 aromatic rings. The van der Waals surface area contributed by atoms with Crippen LogP contribution in [0.2, 0.25) is 10.0 Å². The van der Waals surface area contributed by atoms with Crippen LogP contribution in [-0.2, 0) is 9.59 Å². The number of carbonyl (C=O) groups excluding carboxylic acids is 3. The molecule has 9 heteroatoms. The average Bonchev–Trinajstić information content (AvgIpc) is 2.99. The molecule has 0 aliphatic rings. The zero-order valence-corrected chi connectivity index (χ0v) is 25.3. The van der Waals surface area contributed by atoms with E-state index in [1.807, 2.05) is 44.2 Å². The van der Waals surface area contributed by atoms with Gasteiger partial charge in [-0.1, -0.05) is 78.2 Å². The third-order valence-electron chi connectivity index (χ3n) is 6.17. The standard InChI is InChI=1S/C33H29Cl2N3O3S/c1-3-30(33(41)36-23-17-15-21(2)16-18-23)42-25-12-7-11-24(19-25)37-32(40)29(20-26-27(34)13-8-14-28(26)35)38-31(39)22-9-5-4-6-10-22/h4-20,30H,3H2,1-2H3,(H,36,41)(H,37,40)(H,38,39)/b29-20+. The van der Waals surface area contributed by atoms with Crippen LogP contribution in [0.5, 0.6) is 0 Å². The molecule has 3 amide bonds. The average molecular weight is 619 g/mol. The fourth-order valence-electron chi connectivity index (χ4n) is 3.93. The number of hydrogen-bond donors (Lipinski definition) is 3. The van der Waals surface area contributed by atoms with Crippen molar-refractivity contribution in [2.45, 2.75) is 30.4 Å². The van der Waals surface area contributed by atoms with Crippen LogP contribution in [0.15, 0.2) is 108 Å². The highest BCUT2D eigenvalue weighted by atomic mass is 35.5. The number of anilines is 2. The van der Waals surface area contributed by atoms with E-state index in [1.54, 1.807) is 66.7 Å². The van der Waals surface area contributed by atoms with E-state index in [1.165, 1.54) is 17.8 Å². The molecule has 214 valence electrons. The van der Waals surface area contributed by atoms with Gasteiger partial charge in [-0.3, -0.25) is 14.4 Å². The predicted molar refractivity (Wildman–Crippen MR) is 173 cm³/mol. The Labute approximate surface area is 259 Å². The molecule has 1 atom stereocenters. The highest BCUT2D eigenvalue weighted by Gasteiger charge is 2.20. The van der Waals surface area contributed by atoms with Crippen molar-refractivity contribution >= 4 is 70.1 Å². The normalized spacial score (nSPS) is 11.9. The maximum atomic E-state index is 13.5. The molecule has 0 radical (unpaired) electrons. The maximum absolute atomic E-state index is 13.5. The highest BCUT2D eigenvalue weighted by molar-refractivity contribution is 8.00. The van der Waals surface area contributed by atoms with Crippen molar-refractivity contribution in [1.29, 1.82) is 0 Å². The molecular formula is C33H29Cl2N3O3S. The largest absolute Gasteiger partial charge is 0.325 e. The number of amides is 3. The molecule has 0 bridgehead atoms. The maximum Gasteiger partial charge on any atom is 0.272 e. The second kappa shape index (κ2) is 14.7. The van der Waals surface area contributed by atoms with Crippen molar-refractivity contribution in [2.75, 3.05) is 10.6 Å². The van der Waals surface area contributed by atoms with Crippen LogP contribution in [0.4, 0.5) is 11.4 Å². The van der Waals surface area contributed by atoms with Gasteiger partial charge in [-0.05, 0) is 74.0 Å². The molecule has 4 rings (SSSR count). The number of carbonyl (C=O) groups is 3. The van der Waals surface area contributed by atoms with E-state index in [0.29, 0.717) is 33.3 Å². The minimum Gasteiger partial charge on any atom is -0.325 e. The Hall–Kier alpha value is -4.04. The van der Waals surface area contributed by atoms with E-state index in [2.05, 4.69) is 16.0 Å². The van der Waals surface area contributed by atoms with E-state index in [-0.39, 0.29) is 16.9 Å². The van der Waals surface area contributed by atoms with Gasteiger partial charge in [0.1, 0.15) is 5.70 Å². The second-order valence-corrected chi connectivity index (χ2v) is 11.5. The Balaban J connectivity index is 1.53. The fourth-order valence-corrected chi connectivity index (χ4v) is 5.45. The quantitative estimate of drug-likeness (QED) is 0.124. The summed E-state index contributed by atoms with van der Waals surface area (Å²) in [5.74, 6) is -1.14. The van der Waals surface area contributed by atoms with Gasteiger partial charge < -0.3 is 16.0 Å². The molecule has 0 aliphatic carbocycles. The summed E-state index contributed by atoms with van der Waals surface area (Å²) in [6.45, 7) is 3.94. The first-order valence-electron chi connectivity index (χ1n) is 13.2. The van der Waals surface area contributed by atoms with E-state index in [9.17, 15) is 14.4 Å².